The van der Waals surface area contributed by atoms with Gasteiger partial charge in [0.25, 0.3) is 11.8 Å². The third kappa shape index (κ3) is 10.9. The summed E-state index contributed by atoms with van der Waals surface area (Å²) in [6.45, 7) is 9.04. The summed E-state index contributed by atoms with van der Waals surface area (Å²) < 4.78 is 6.04. The number of unbranched alkanes of at least 4 members (excludes halogenated alkanes) is 3. The number of β-amino-alcohol motifs (C(OH)–C–C–N with tert-alkyl or cyclic N) is 1. The summed E-state index contributed by atoms with van der Waals surface area (Å²) >= 11 is 1.51. The second-order valence-electron chi connectivity index (χ2n) is 15.1. The van der Waals surface area contributed by atoms with Gasteiger partial charge in [-0.1, -0.05) is 51.8 Å². The number of hydrogen-bond donors (Lipinski definition) is 4. The molecule has 1 saturated heterocycles. The molecular weight excluding hydrogens is 679 g/mol. The first-order valence-corrected chi connectivity index (χ1v) is 19.3. The van der Waals surface area contributed by atoms with E-state index in [2.05, 4.69) is 27.0 Å². The van der Waals surface area contributed by atoms with Gasteiger partial charge in [0.1, 0.15) is 11.8 Å². The summed E-state index contributed by atoms with van der Waals surface area (Å²) in [5.41, 5.74) is 7.38. The van der Waals surface area contributed by atoms with Crippen LogP contribution in [0.5, 0.6) is 5.75 Å². The number of carbonyl (C=O) groups excluding carboxylic acids is 4. The number of aliphatic hydroxyl groups is 1. The highest BCUT2D eigenvalue weighted by molar-refractivity contribution is 7.13. The first-order chi connectivity index (χ1) is 24.9. The van der Waals surface area contributed by atoms with Crippen LogP contribution in [0.15, 0.2) is 41.9 Å². The Morgan fingerprint density at radius 3 is 2.44 bits per heavy atom. The van der Waals surface area contributed by atoms with Crippen LogP contribution in [0.2, 0.25) is 0 Å². The molecule has 0 saturated carbocycles. The Morgan fingerprint density at radius 1 is 0.962 bits per heavy atom. The van der Waals surface area contributed by atoms with Crippen LogP contribution in [0.3, 0.4) is 0 Å². The standard InChI is InChI=1S/C40H53N5O6S/c1-26-37(52-25-44-26)29-13-15-31(22-43-39(50)33-20-32(46)23-45(33)36(48)21-40(2,3)4)34(19-29)51-24-35(47)41-16-7-5-6-8-17-42-38(49)30-14-12-27-10-9-11-28(27)18-30/h12-15,18-19,25,32-33,46H,5-11,16-17,20-24H2,1-4H3,(H,41,47)(H,42,49)(H,43,50)/t32?,33-/m0/s1. The van der Waals surface area contributed by atoms with Gasteiger partial charge in [-0.15, -0.1) is 11.3 Å². The molecule has 0 spiro atoms. The van der Waals surface area contributed by atoms with E-state index in [1.54, 1.807) is 5.51 Å². The van der Waals surface area contributed by atoms with Crippen molar-refractivity contribution in [1.29, 1.82) is 0 Å². The van der Waals surface area contributed by atoms with Crippen LogP contribution >= 0.6 is 11.3 Å². The molecule has 1 aliphatic carbocycles. The number of rotatable bonds is 16. The van der Waals surface area contributed by atoms with Crippen molar-refractivity contribution >= 4 is 35.0 Å². The van der Waals surface area contributed by atoms with Gasteiger partial charge in [0, 0.05) is 50.1 Å². The molecule has 4 amide bonds. The van der Waals surface area contributed by atoms with Crippen molar-refractivity contribution in [1.82, 2.24) is 25.8 Å². The molecule has 2 atom stereocenters. The van der Waals surface area contributed by atoms with Gasteiger partial charge >= 0.3 is 0 Å². The molecule has 4 N–H and O–H groups in total. The van der Waals surface area contributed by atoms with Gasteiger partial charge in [0.2, 0.25) is 11.8 Å². The molecule has 280 valence electrons. The maximum absolute atomic E-state index is 13.3. The second-order valence-corrected chi connectivity index (χ2v) is 16.0. The Balaban J connectivity index is 1.07. The Kier molecular flexibility index (Phi) is 13.4. The Morgan fingerprint density at radius 2 is 1.71 bits per heavy atom. The first-order valence-electron chi connectivity index (χ1n) is 18.5. The van der Waals surface area contributed by atoms with Crippen LogP contribution in [0.25, 0.3) is 10.4 Å². The monoisotopic (exact) mass is 731 g/mol. The smallest absolute Gasteiger partial charge is 0.257 e. The highest BCUT2D eigenvalue weighted by Gasteiger charge is 2.39. The van der Waals surface area contributed by atoms with Crippen LogP contribution < -0.4 is 20.7 Å². The molecule has 11 nitrogen and oxygen atoms in total. The number of fused-ring (bicyclic) bond motifs is 1. The molecule has 1 fully saturated rings. The molecule has 1 unspecified atom stereocenters. The van der Waals surface area contributed by atoms with Crippen molar-refractivity contribution in [3.63, 3.8) is 0 Å². The lowest BCUT2D eigenvalue weighted by atomic mass is 9.91. The molecule has 0 radical (unpaired) electrons. The number of amides is 4. The summed E-state index contributed by atoms with van der Waals surface area (Å²) in [5, 5.41) is 19.2. The lowest BCUT2D eigenvalue weighted by molar-refractivity contribution is -0.140. The molecule has 2 aliphatic rings. The van der Waals surface area contributed by atoms with E-state index >= 15 is 0 Å². The SMILES string of the molecule is Cc1ncsc1-c1ccc(CNC(=O)[C@@H]2CC(O)CN2C(=O)CC(C)(C)C)c(OCC(=O)NCCCCCCNC(=O)c2ccc3c(c2)CCC3)c1. The predicted octanol–water partition coefficient (Wildman–Crippen LogP) is 5.11. The van der Waals surface area contributed by atoms with Crippen LogP contribution in [-0.4, -0.2) is 77.0 Å². The summed E-state index contributed by atoms with van der Waals surface area (Å²) in [6.07, 6.45) is 6.56. The lowest BCUT2D eigenvalue weighted by Gasteiger charge is -2.27. The van der Waals surface area contributed by atoms with Gasteiger partial charge in [0.15, 0.2) is 6.61 Å². The highest BCUT2D eigenvalue weighted by atomic mass is 32.1. The second kappa shape index (κ2) is 18.0. The van der Waals surface area contributed by atoms with Crippen molar-refractivity contribution in [2.24, 2.45) is 5.41 Å². The number of aliphatic hydroxyl groups excluding tert-OH is 1. The van der Waals surface area contributed by atoms with Crippen molar-refractivity contribution in [2.45, 2.75) is 104 Å². The van der Waals surface area contributed by atoms with Gasteiger partial charge in [0.05, 0.1) is 22.2 Å². The van der Waals surface area contributed by atoms with Crippen molar-refractivity contribution < 1.29 is 29.0 Å². The summed E-state index contributed by atoms with van der Waals surface area (Å²) in [6, 6.07) is 10.9. The molecule has 1 aromatic heterocycles. The first kappa shape index (κ1) is 38.9. The van der Waals surface area contributed by atoms with Gasteiger partial charge < -0.3 is 30.7 Å². The highest BCUT2D eigenvalue weighted by Crippen LogP contribution is 2.32. The minimum Gasteiger partial charge on any atom is -0.483 e. The maximum Gasteiger partial charge on any atom is 0.257 e. The molecule has 52 heavy (non-hydrogen) atoms. The number of carbonyl (C=O) groups is 4. The predicted molar refractivity (Wildman–Crippen MR) is 202 cm³/mol. The molecule has 3 aromatic rings. The number of nitrogens with zero attached hydrogens (tertiary/aromatic N) is 2. The van der Waals surface area contributed by atoms with E-state index in [9.17, 15) is 24.3 Å². The molecule has 5 rings (SSSR count). The maximum atomic E-state index is 13.3. The molecule has 2 aromatic carbocycles. The van der Waals surface area contributed by atoms with E-state index in [-0.39, 0.29) is 61.6 Å². The molecule has 2 heterocycles. The van der Waals surface area contributed by atoms with Gasteiger partial charge in [-0.05, 0) is 79.3 Å². The number of nitrogens with one attached hydrogen (secondary N) is 3. The fourth-order valence-corrected chi connectivity index (χ4v) is 7.59. The zero-order valence-electron chi connectivity index (χ0n) is 30.9. The Hall–Kier alpha value is -4.29. The van der Waals surface area contributed by atoms with Gasteiger partial charge in [-0.3, -0.25) is 19.2 Å². The van der Waals surface area contributed by atoms with E-state index in [0.717, 1.165) is 66.6 Å². The molecule has 0 bridgehead atoms. The number of likely N-dealkylation sites (tertiary alicyclic amines) is 1. The van der Waals surface area contributed by atoms with Crippen LogP contribution in [-0.2, 0) is 33.8 Å². The van der Waals surface area contributed by atoms with E-state index in [1.807, 2.05) is 58.0 Å². The lowest BCUT2D eigenvalue weighted by Crippen LogP contribution is -2.46. The number of aromatic nitrogens is 1. The van der Waals surface area contributed by atoms with Crippen LogP contribution in [0, 0.1) is 12.3 Å². The third-order valence-corrected chi connectivity index (χ3v) is 10.5. The van der Waals surface area contributed by atoms with E-state index in [4.69, 9.17) is 4.74 Å². The number of thiazole rings is 1. The zero-order chi connectivity index (χ0) is 37.3. The van der Waals surface area contributed by atoms with E-state index in [1.165, 1.54) is 27.4 Å². The zero-order valence-corrected chi connectivity index (χ0v) is 31.7. The minimum absolute atomic E-state index is 0.0244. The molecule has 1 aliphatic heterocycles. The molecule has 12 heteroatoms. The summed E-state index contributed by atoms with van der Waals surface area (Å²) in [4.78, 5) is 58.4. The number of aryl methyl sites for hydroxylation is 3. The average Bonchev–Trinajstić information content (AvgIpc) is 3.86. The van der Waals surface area contributed by atoms with Crippen molar-refractivity contribution in [2.75, 3.05) is 26.2 Å². The Labute approximate surface area is 310 Å². The normalized spacial score (nSPS) is 16.8. The van der Waals surface area contributed by atoms with Crippen LogP contribution in [0.1, 0.15) is 98.5 Å². The van der Waals surface area contributed by atoms with Gasteiger partial charge in [-0.2, -0.15) is 0 Å². The summed E-state index contributed by atoms with van der Waals surface area (Å²) in [7, 11) is 0. The largest absolute Gasteiger partial charge is 0.483 e. The fourth-order valence-electron chi connectivity index (χ4n) is 6.79. The average molecular weight is 732 g/mol. The molecular formula is C40H53N5O6S. The Bertz CT molecular complexity index is 1730. The van der Waals surface area contributed by atoms with E-state index < -0.39 is 12.1 Å². The third-order valence-electron chi connectivity index (χ3n) is 9.54. The topological polar surface area (TPSA) is 150 Å². The van der Waals surface area contributed by atoms with Crippen molar-refractivity contribution in [3.05, 3.63) is 69.9 Å². The summed E-state index contributed by atoms with van der Waals surface area (Å²) in [5.74, 6) is -0.299. The number of ether oxygens (including phenoxy) is 1. The van der Waals surface area contributed by atoms with Crippen LogP contribution in [0.4, 0.5) is 0 Å². The fraction of sp³-hybridized carbons (Fsp3) is 0.525. The number of benzene rings is 2. The quantitative estimate of drug-likeness (QED) is 0.150. The van der Waals surface area contributed by atoms with Crippen molar-refractivity contribution in [3.8, 4) is 16.2 Å². The number of hydrogen-bond acceptors (Lipinski definition) is 8. The van der Waals surface area contributed by atoms with E-state index in [0.29, 0.717) is 24.4 Å². The van der Waals surface area contributed by atoms with Gasteiger partial charge in [-0.25, -0.2) is 4.98 Å². The minimum atomic E-state index is -0.757.